The van der Waals surface area contributed by atoms with Gasteiger partial charge in [0.2, 0.25) is 0 Å². The van der Waals surface area contributed by atoms with Gasteiger partial charge in [0.05, 0.1) is 20.6 Å². The van der Waals surface area contributed by atoms with Crippen molar-refractivity contribution in [3.8, 4) is 0 Å². The van der Waals surface area contributed by atoms with E-state index in [1.165, 1.54) is 5.56 Å². The Morgan fingerprint density at radius 3 is 2.00 bits per heavy atom. The van der Waals surface area contributed by atoms with Gasteiger partial charge in [-0.25, -0.2) is 0 Å². The van der Waals surface area contributed by atoms with E-state index in [9.17, 15) is 9.90 Å². The molecule has 4 rings (SSSR count). The molecule has 0 bridgehead atoms. The summed E-state index contributed by atoms with van der Waals surface area (Å²) in [7, 11) is 4.61. The zero-order valence-electron chi connectivity index (χ0n) is 21.7. The first-order valence-corrected chi connectivity index (χ1v) is 13.3. The Kier molecular flexibility index (Phi) is 9.32. The van der Waals surface area contributed by atoms with Crippen molar-refractivity contribution in [2.75, 3.05) is 33.7 Å². The molecule has 4 nitrogen and oxygen atoms in total. The van der Waals surface area contributed by atoms with E-state index in [4.69, 9.17) is 0 Å². The van der Waals surface area contributed by atoms with E-state index in [0.29, 0.717) is 5.92 Å². The summed E-state index contributed by atoms with van der Waals surface area (Å²) in [6, 6.07) is 20.4. The number of benzene rings is 2. The maximum atomic E-state index is 13.7. The summed E-state index contributed by atoms with van der Waals surface area (Å²) in [6.07, 6.45) is 6.08. The van der Waals surface area contributed by atoms with E-state index in [2.05, 4.69) is 44.4 Å². The molecule has 1 aliphatic heterocycles. The molecule has 186 valence electrons. The van der Waals surface area contributed by atoms with Crippen LogP contribution in [0.5, 0.6) is 0 Å². The van der Waals surface area contributed by atoms with Gasteiger partial charge >= 0.3 is 0 Å². The van der Waals surface area contributed by atoms with Gasteiger partial charge in [-0.1, -0.05) is 87.4 Å². The summed E-state index contributed by atoms with van der Waals surface area (Å²) in [4.78, 5) is 15.7. The van der Waals surface area contributed by atoms with Crippen molar-refractivity contribution in [1.82, 2.24) is 4.90 Å². The third-order valence-electron chi connectivity index (χ3n) is 7.59. The summed E-state index contributed by atoms with van der Waals surface area (Å²) in [5.41, 5.74) is 0.752. The number of amides is 1. The first kappa shape index (κ1) is 26.4. The number of carbonyl (C=O) groups excluding carboxylic acids is 1. The minimum Gasteiger partial charge on any atom is -0.375 e. The van der Waals surface area contributed by atoms with Crippen LogP contribution in [0.3, 0.4) is 0 Å². The highest BCUT2D eigenvalue weighted by Gasteiger charge is 2.48. The summed E-state index contributed by atoms with van der Waals surface area (Å²) in [5, 5.41) is 11.8. The lowest BCUT2D eigenvalue weighted by atomic mass is 9.78. The van der Waals surface area contributed by atoms with E-state index >= 15 is 0 Å². The Labute approximate surface area is 207 Å². The van der Waals surface area contributed by atoms with Crippen LogP contribution in [-0.2, 0) is 16.9 Å². The first-order valence-electron chi connectivity index (χ1n) is 13.3. The third kappa shape index (κ3) is 6.28. The van der Waals surface area contributed by atoms with Crippen LogP contribution in [0, 0.1) is 11.8 Å². The molecular weight excluding hydrogens is 420 g/mol. The summed E-state index contributed by atoms with van der Waals surface area (Å²) < 4.78 is 0.957. The van der Waals surface area contributed by atoms with E-state index in [1.54, 1.807) is 0 Å². The van der Waals surface area contributed by atoms with Gasteiger partial charge in [0, 0.05) is 30.5 Å². The normalized spacial score (nSPS) is 19.3. The second kappa shape index (κ2) is 12.0. The second-order valence-electron chi connectivity index (χ2n) is 10.6. The molecule has 1 N–H and O–H groups in total. The van der Waals surface area contributed by atoms with E-state index < -0.39 is 5.60 Å². The smallest absolute Gasteiger partial charge is 0.259 e. The van der Waals surface area contributed by atoms with Gasteiger partial charge in [0.15, 0.2) is 5.60 Å². The fourth-order valence-corrected chi connectivity index (χ4v) is 5.97. The lowest BCUT2D eigenvalue weighted by molar-refractivity contribution is -0.907. The van der Waals surface area contributed by atoms with Crippen molar-refractivity contribution < 1.29 is 14.4 Å². The van der Waals surface area contributed by atoms with Gasteiger partial charge in [-0.3, -0.25) is 4.79 Å². The van der Waals surface area contributed by atoms with E-state index in [1.807, 2.05) is 49.1 Å². The molecule has 2 fully saturated rings. The maximum Gasteiger partial charge on any atom is 0.259 e. The number of hydrogen-bond acceptors (Lipinski definition) is 2. The fourth-order valence-electron chi connectivity index (χ4n) is 5.97. The van der Waals surface area contributed by atoms with Crippen molar-refractivity contribution in [2.24, 2.45) is 11.8 Å². The zero-order valence-corrected chi connectivity index (χ0v) is 21.7. The molecule has 1 atom stereocenters. The van der Waals surface area contributed by atoms with Gasteiger partial charge in [0.25, 0.3) is 5.91 Å². The van der Waals surface area contributed by atoms with Crippen LogP contribution in [0.2, 0.25) is 0 Å². The number of rotatable bonds is 7. The van der Waals surface area contributed by atoms with Crippen molar-refractivity contribution in [2.45, 2.75) is 64.5 Å². The van der Waals surface area contributed by atoms with Crippen molar-refractivity contribution in [1.29, 1.82) is 0 Å². The number of likely N-dealkylation sites (tertiary alicyclic amines) is 1. The van der Waals surface area contributed by atoms with Crippen LogP contribution < -0.4 is 0 Å². The summed E-state index contributed by atoms with van der Waals surface area (Å²) in [6.45, 7) is 7.63. The van der Waals surface area contributed by atoms with Gasteiger partial charge < -0.3 is 14.5 Å². The average molecular weight is 466 g/mol. The zero-order chi connectivity index (χ0) is 24.6. The standard InChI is InChI=1S/C28H39N2O2.C2H6/c1-30(2,21-23-11-5-3-6-12-23)22-24-17-19-29(20-18-24)27(31)28(32,26-15-9-10-16-26)25-13-7-4-8-14-25;1-2/h3-8,11-14,24,26,32H,9-10,15-22H2,1-2H3;1-2H3/q+1;. The molecule has 1 saturated carbocycles. The predicted molar refractivity (Wildman–Crippen MR) is 140 cm³/mol. The highest BCUT2D eigenvalue weighted by molar-refractivity contribution is 5.87. The number of hydrogen-bond donors (Lipinski definition) is 1. The number of carbonyl (C=O) groups is 1. The molecule has 0 radical (unpaired) electrons. The Hall–Kier alpha value is -2.17. The minimum absolute atomic E-state index is 0.0246. The highest BCUT2D eigenvalue weighted by atomic mass is 16.3. The van der Waals surface area contributed by atoms with Crippen LogP contribution in [0.1, 0.15) is 63.5 Å². The lowest BCUT2D eigenvalue weighted by Gasteiger charge is -2.42. The van der Waals surface area contributed by atoms with E-state index in [0.717, 1.165) is 74.8 Å². The molecule has 0 spiro atoms. The number of nitrogens with zero attached hydrogens (tertiary/aromatic N) is 2. The molecule has 4 heteroatoms. The monoisotopic (exact) mass is 465 g/mol. The van der Waals surface area contributed by atoms with Crippen molar-refractivity contribution >= 4 is 5.91 Å². The Morgan fingerprint density at radius 2 is 1.44 bits per heavy atom. The molecule has 34 heavy (non-hydrogen) atoms. The Bertz CT molecular complexity index is 869. The molecule has 1 saturated heterocycles. The number of quaternary nitrogens is 1. The lowest BCUT2D eigenvalue weighted by Crippen LogP contribution is -2.54. The van der Waals surface area contributed by atoms with Crippen LogP contribution in [-0.4, -0.2) is 54.1 Å². The van der Waals surface area contributed by atoms with Crippen LogP contribution in [0.25, 0.3) is 0 Å². The highest BCUT2D eigenvalue weighted by Crippen LogP contribution is 2.42. The molecule has 2 aromatic carbocycles. The second-order valence-corrected chi connectivity index (χ2v) is 10.6. The maximum absolute atomic E-state index is 13.7. The topological polar surface area (TPSA) is 40.5 Å². The predicted octanol–water partition coefficient (Wildman–Crippen LogP) is 5.61. The van der Waals surface area contributed by atoms with Crippen LogP contribution in [0.15, 0.2) is 60.7 Å². The molecule has 1 amide bonds. The van der Waals surface area contributed by atoms with Crippen molar-refractivity contribution in [3.63, 3.8) is 0 Å². The van der Waals surface area contributed by atoms with E-state index in [-0.39, 0.29) is 11.8 Å². The van der Waals surface area contributed by atoms with Crippen LogP contribution in [0.4, 0.5) is 0 Å². The van der Waals surface area contributed by atoms with Gasteiger partial charge in [0.1, 0.15) is 6.54 Å². The number of aliphatic hydroxyl groups is 1. The first-order chi connectivity index (χ1) is 16.4. The quantitative estimate of drug-likeness (QED) is 0.540. The molecule has 2 aliphatic rings. The minimum atomic E-state index is -1.38. The Balaban J connectivity index is 0.00000158. The van der Waals surface area contributed by atoms with Gasteiger partial charge in [-0.05, 0) is 31.2 Å². The fraction of sp³-hybridized carbons (Fsp3) is 0.567. The Morgan fingerprint density at radius 1 is 0.912 bits per heavy atom. The average Bonchev–Trinajstić information content (AvgIpc) is 3.41. The molecule has 1 unspecified atom stereocenters. The SMILES string of the molecule is CC.C[N+](C)(Cc1ccccc1)CC1CCN(C(=O)C(O)(c2ccccc2)C2CCCC2)CC1. The molecule has 1 heterocycles. The van der Waals surface area contributed by atoms with Gasteiger partial charge in [-0.2, -0.15) is 0 Å². The third-order valence-corrected chi connectivity index (χ3v) is 7.59. The number of piperidine rings is 1. The summed E-state index contributed by atoms with van der Waals surface area (Å²) in [5.74, 6) is 0.553. The summed E-state index contributed by atoms with van der Waals surface area (Å²) >= 11 is 0. The molecule has 2 aromatic rings. The van der Waals surface area contributed by atoms with Crippen LogP contribution >= 0.6 is 0 Å². The molecule has 1 aliphatic carbocycles. The van der Waals surface area contributed by atoms with Gasteiger partial charge in [-0.15, -0.1) is 0 Å². The molecule has 0 aromatic heterocycles. The van der Waals surface area contributed by atoms with Crippen molar-refractivity contribution in [3.05, 3.63) is 71.8 Å². The largest absolute Gasteiger partial charge is 0.375 e. The molecular formula is C30H45N2O2+.